The summed E-state index contributed by atoms with van der Waals surface area (Å²) < 4.78 is 1.79. The minimum atomic E-state index is -0.165. The molecule has 92 valence electrons. The van der Waals surface area contributed by atoms with E-state index in [0.29, 0.717) is 31.1 Å². The van der Waals surface area contributed by atoms with Crippen molar-refractivity contribution in [2.24, 2.45) is 5.73 Å². The first-order valence-corrected chi connectivity index (χ1v) is 6.44. The van der Waals surface area contributed by atoms with Crippen LogP contribution in [-0.4, -0.2) is 40.1 Å². The summed E-state index contributed by atoms with van der Waals surface area (Å²) in [6, 6.07) is 0. The largest absolute Gasteiger partial charge is 0.350 e. The first-order valence-electron chi connectivity index (χ1n) is 5.29. The van der Waals surface area contributed by atoms with E-state index in [-0.39, 0.29) is 5.91 Å². The molecule has 5 nitrogen and oxygen atoms in total. The summed E-state index contributed by atoms with van der Waals surface area (Å²) in [6.07, 6.45) is 8.41. The van der Waals surface area contributed by atoms with E-state index >= 15 is 0 Å². The highest BCUT2D eigenvalue weighted by Crippen LogP contribution is 1.98. The zero-order valence-electron chi connectivity index (χ0n) is 9.56. The third-order valence-corrected chi connectivity index (χ3v) is 2.83. The fraction of sp³-hybridized carbons (Fsp3) is 0.455. The Kier molecular flexibility index (Phi) is 6.22. The van der Waals surface area contributed by atoms with Gasteiger partial charge in [-0.2, -0.15) is 0 Å². The number of amides is 1. The molecule has 0 unspecified atom stereocenters. The van der Waals surface area contributed by atoms with Crippen molar-refractivity contribution < 1.29 is 4.79 Å². The number of thioether (sulfide) groups is 1. The van der Waals surface area contributed by atoms with Crippen molar-refractivity contribution >= 4 is 17.7 Å². The van der Waals surface area contributed by atoms with Crippen molar-refractivity contribution in [1.82, 2.24) is 14.9 Å². The molecule has 0 bridgehead atoms. The number of nitrogens with one attached hydrogen (secondary N) is 1. The second-order valence-electron chi connectivity index (χ2n) is 3.30. The van der Waals surface area contributed by atoms with Gasteiger partial charge in [-0.05, 0) is 0 Å². The Morgan fingerprint density at radius 2 is 2.53 bits per heavy atom. The molecule has 0 fully saturated rings. The van der Waals surface area contributed by atoms with Gasteiger partial charge in [-0.15, -0.1) is 18.2 Å². The van der Waals surface area contributed by atoms with Crippen LogP contribution >= 0.6 is 11.8 Å². The minimum absolute atomic E-state index is 0.165. The third-order valence-electron chi connectivity index (χ3n) is 1.97. The minimum Gasteiger partial charge on any atom is -0.350 e. The number of aromatic nitrogens is 2. The summed E-state index contributed by atoms with van der Waals surface area (Å²) in [7, 11) is 0. The SMILES string of the molecule is C#CCSCCNC(=O)c1cn(CCN)cn1. The molecule has 0 aliphatic carbocycles. The first kappa shape index (κ1) is 13.6. The van der Waals surface area contributed by atoms with E-state index in [1.54, 1.807) is 28.9 Å². The number of carbonyl (C=O) groups is 1. The molecule has 0 aliphatic heterocycles. The Morgan fingerprint density at radius 1 is 1.71 bits per heavy atom. The summed E-state index contributed by atoms with van der Waals surface area (Å²) >= 11 is 1.61. The van der Waals surface area contributed by atoms with E-state index in [1.165, 1.54) is 0 Å². The molecule has 0 aliphatic rings. The summed E-state index contributed by atoms with van der Waals surface area (Å²) in [4.78, 5) is 15.6. The van der Waals surface area contributed by atoms with Gasteiger partial charge in [-0.25, -0.2) is 4.98 Å². The maximum atomic E-state index is 11.6. The van der Waals surface area contributed by atoms with Gasteiger partial charge in [-0.1, -0.05) is 5.92 Å². The number of carbonyl (C=O) groups excluding carboxylic acids is 1. The van der Waals surface area contributed by atoms with Crippen molar-refractivity contribution in [2.45, 2.75) is 6.54 Å². The molecule has 3 N–H and O–H groups in total. The molecule has 0 saturated carbocycles. The number of imidazole rings is 1. The van der Waals surface area contributed by atoms with Gasteiger partial charge in [0.05, 0.1) is 12.1 Å². The van der Waals surface area contributed by atoms with Crippen LogP contribution in [0.2, 0.25) is 0 Å². The molecular weight excluding hydrogens is 236 g/mol. The van der Waals surface area contributed by atoms with E-state index in [1.807, 2.05) is 0 Å². The summed E-state index contributed by atoms with van der Waals surface area (Å²) in [5, 5.41) is 2.78. The predicted octanol–water partition coefficient (Wildman–Crippen LogP) is -0.0620. The van der Waals surface area contributed by atoms with Crippen molar-refractivity contribution in [2.75, 3.05) is 24.6 Å². The van der Waals surface area contributed by atoms with Crippen LogP contribution in [0.3, 0.4) is 0 Å². The van der Waals surface area contributed by atoms with Gasteiger partial charge in [0.15, 0.2) is 0 Å². The van der Waals surface area contributed by atoms with Crippen molar-refractivity contribution in [3.63, 3.8) is 0 Å². The molecule has 0 radical (unpaired) electrons. The predicted molar refractivity (Wildman–Crippen MR) is 69.8 cm³/mol. The van der Waals surface area contributed by atoms with Gasteiger partial charge in [-0.3, -0.25) is 4.79 Å². The van der Waals surface area contributed by atoms with Crippen LogP contribution in [0, 0.1) is 12.3 Å². The van der Waals surface area contributed by atoms with Gasteiger partial charge in [0, 0.05) is 31.6 Å². The molecule has 6 heteroatoms. The molecule has 0 saturated heterocycles. The molecule has 0 atom stereocenters. The molecule has 1 amide bonds. The highest BCUT2D eigenvalue weighted by atomic mass is 32.2. The van der Waals surface area contributed by atoms with Crippen LogP contribution in [0.25, 0.3) is 0 Å². The highest BCUT2D eigenvalue weighted by Gasteiger charge is 2.07. The molecule has 17 heavy (non-hydrogen) atoms. The number of hydrogen-bond donors (Lipinski definition) is 2. The lowest BCUT2D eigenvalue weighted by molar-refractivity contribution is 0.0951. The monoisotopic (exact) mass is 252 g/mol. The van der Waals surface area contributed by atoms with Crippen LogP contribution in [0.4, 0.5) is 0 Å². The normalized spacial score (nSPS) is 9.88. The van der Waals surface area contributed by atoms with Crippen LogP contribution in [-0.2, 0) is 6.54 Å². The Labute approximate surface area is 105 Å². The fourth-order valence-electron chi connectivity index (χ4n) is 1.21. The second-order valence-corrected chi connectivity index (χ2v) is 4.40. The summed E-state index contributed by atoms with van der Waals surface area (Å²) in [5.74, 6) is 3.84. The lowest BCUT2D eigenvalue weighted by Gasteiger charge is -2.01. The zero-order valence-corrected chi connectivity index (χ0v) is 10.4. The average Bonchev–Trinajstić information content (AvgIpc) is 2.78. The Balaban J connectivity index is 2.29. The number of terminal acetylenes is 1. The fourth-order valence-corrected chi connectivity index (χ4v) is 1.72. The number of hydrogen-bond acceptors (Lipinski definition) is 4. The highest BCUT2D eigenvalue weighted by molar-refractivity contribution is 7.99. The number of nitrogens with two attached hydrogens (primary N) is 1. The average molecular weight is 252 g/mol. The maximum absolute atomic E-state index is 11.6. The zero-order chi connectivity index (χ0) is 12.5. The van der Waals surface area contributed by atoms with E-state index in [2.05, 4.69) is 16.2 Å². The van der Waals surface area contributed by atoms with Crippen molar-refractivity contribution in [3.8, 4) is 12.3 Å². The van der Waals surface area contributed by atoms with Gasteiger partial charge in [0.2, 0.25) is 0 Å². The summed E-state index contributed by atoms with van der Waals surface area (Å²) in [6.45, 7) is 1.79. The van der Waals surface area contributed by atoms with Crippen molar-refractivity contribution in [3.05, 3.63) is 18.2 Å². The lowest BCUT2D eigenvalue weighted by Crippen LogP contribution is -2.26. The Bertz CT molecular complexity index is 396. The summed E-state index contributed by atoms with van der Waals surface area (Å²) in [5.41, 5.74) is 5.82. The van der Waals surface area contributed by atoms with E-state index < -0.39 is 0 Å². The van der Waals surface area contributed by atoms with Crippen LogP contribution in [0.1, 0.15) is 10.5 Å². The van der Waals surface area contributed by atoms with E-state index in [4.69, 9.17) is 12.2 Å². The third kappa shape index (κ3) is 4.93. The second kappa shape index (κ2) is 7.76. The van der Waals surface area contributed by atoms with E-state index in [9.17, 15) is 4.79 Å². The Hall–Kier alpha value is -1.45. The van der Waals surface area contributed by atoms with Gasteiger partial charge in [0.25, 0.3) is 5.91 Å². The van der Waals surface area contributed by atoms with Crippen molar-refractivity contribution in [1.29, 1.82) is 0 Å². The molecule has 1 heterocycles. The molecule has 0 aromatic carbocycles. The van der Waals surface area contributed by atoms with Gasteiger partial charge >= 0.3 is 0 Å². The number of rotatable bonds is 7. The van der Waals surface area contributed by atoms with Crippen LogP contribution in [0.15, 0.2) is 12.5 Å². The molecule has 1 aromatic rings. The van der Waals surface area contributed by atoms with E-state index in [0.717, 1.165) is 5.75 Å². The topological polar surface area (TPSA) is 72.9 Å². The molecule has 1 aromatic heterocycles. The van der Waals surface area contributed by atoms with Crippen LogP contribution in [0.5, 0.6) is 0 Å². The Morgan fingerprint density at radius 3 is 3.24 bits per heavy atom. The lowest BCUT2D eigenvalue weighted by atomic mass is 10.4. The maximum Gasteiger partial charge on any atom is 0.271 e. The number of nitrogens with zero attached hydrogens (tertiary/aromatic N) is 2. The molecular formula is C11H16N4OS. The quantitative estimate of drug-likeness (QED) is 0.526. The first-order chi connectivity index (χ1) is 8.27. The van der Waals surface area contributed by atoms with Gasteiger partial charge < -0.3 is 15.6 Å². The molecule has 1 rings (SSSR count). The van der Waals surface area contributed by atoms with Crippen LogP contribution < -0.4 is 11.1 Å². The smallest absolute Gasteiger partial charge is 0.271 e. The van der Waals surface area contributed by atoms with Gasteiger partial charge in [0.1, 0.15) is 5.69 Å². The standard InChI is InChI=1S/C11H16N4OS/c1-2-6-17-7-4-13-11(16)10-8-15(5-3-12)9-14-10/h1,8-9H,3-7,12H2,(H,13,16). The molecule has 0 spiro atoms.